The third-order valence-electron chi connectivity index (χ3n) is 1.63. The van der Waals surface area contributed by atoms with Crippen molar-refractivity contribution in [1.29, 1.82) is 0 Å². The molecule has 9 heavy (non-hydrogen) atoms. The molecule has 1 N–H and O–H groups in total. The van der Waals surface area contributed by atoms with E-state index in [1.807, 2.05) is 0 Å². The van der Waals surface area contributed by atoms with Crippen LogP contribution < -0.4 is 0 Å². The van der Waals surface area contributed by atoms with Gasteiger partial charge in [0, 0.05) is 47.2 Å². The zero-order valence-corrected chi connectivity index (χ0v) is 7.89. The van der Waals surface area contributed by atoms with Gasteiger partial charge in [-0.05, 0) is 0 Å². The highest BCUT2D eigenvalue weighted by molar-refractivity contribution is 14.1. The van der Waals surface area contributed by atoms with E-state index in [0.29, 0.717) is 5.88 Å². The van der Waals surface area contributed by atoms with Crippen molar-refractivity contribution in [2.75, 3.05) is 25.6 Å². The molecule has 0 spiro atoms. The number of nitrogens with zero attached hydrogens (tertiary/aromatic N) is 1. The standard InChI is InChI=1S/C5H9ClINO/c6-1-5(4-9)2-8(7)3-5/h9H,1-4H2. The lowest BCUT2D eigenvalue weighted by Crippen LogP contribution is -2.54. The highest BCUT2D eigenvalue weighted by Gasteiger charge is 2.40. The van der Waals surface area contributed by atoms with Gasteiger partial charge in [0.25, 0.3) is 0 Å². The molecule has 0 saturated carbocycles. The number of hydrogen-bond acceptors (Lipinski definition) is 2. The molecule has 0 amide bonds. The zero-order valence-electron chi connectivity index (χ0n) is 4.98. The molecule has 4 heteroatoms. The highest BCUT2D eigenvalue weighted by atomic mass is 127. The van der Waals surface area contributed by atoms with Crippen LogP contribution in [0.15, 0.2) is 0 Å². The summed E-state index contributed by atoms with van der Waals surface area (Å²) in [7, 11) is 0. The van der Waals surface area contributed by atoms with E-state index in [9.17, 15) is 0 Å². The van der Waals surface area contributed by atoms with Gasteiger partial charge in [-0.1, -0.05) is 0 Å². The average molecular weight is 261 g/mol. The number of aliphatic hydroxyl groups excluding tert-OH is 1. The normalized spacial score (nSPS) is 25.7. The van der Waals surface area contributed by atoms with Gasteiger partial charge >= 0.3 is 0 Å². The minimum atomic E-state index is 0.0166. The lowest BCUT2D eigenvalue weighted by Gasteiger charge is -2.44. The highest BCUT2D eigenvalue weighted by Crippen LogP contribution is 2.33. The molecule has 1 saturated heterocycles. The van der Waals surface area contributed by atoms with Crippen molar-refractivity contribution in [3.63, 3.8) is 0 Å². The molecule has 0 aromatic carbocycles. The Morgan fingerprint density at radius 3 is 2.33 bits per heavy atom. The molecule has 54 valence electrons. The fourth-order valence-corrected chi connectivity index (χ4v) is 2.61. The number of rotatable bonds is 2. The van der Waals surface area contributed by atoms with Crippen LogP contribution in [0, 0.1) is 5.41 Å². The Bertz CT molecular complexity index is 99.1. The van der Waals surface area contributed by atoms with E-state index in [0.717, 1.165) is 13.1 Å². The quantitative estimate of drug-likeness (QED) is 0.453. The van der Waals surface area contributed by atoms with Crippen molar-refractivity contribution in [2.45, 2.75) is 0 Å². The van der Waals surface area contributed by atoms with Gasteiger partial charge < -0.3 is 5.11 Å². The molecular formula is C5H9ClINO. The van der Waals surface area contributed by atoms with Gasteiger partial charge in [0.2, 0.25) is 0 Å². The van der Waals surface area contributed by atoms with Crippen LogP contribution >= 0.6 is 34.5 Å². The van der Waals surface area contributed by atoms with Crippen LogP contribution in [0.25, 0.3) is 0 Å². The summed E-state index contributed by atoms with van der Waals surface area (Å²) >= 11 is 7.86. The monoisotopic (exact) mass is 261 g/mol. The topological polar surface area (TPSA) is 23.5 Å². The first-order valence-corrected chi connectivity index (χ1v) is 4.30. The largest absolute Gasteiger partial charge is 0.396 e. The number of halogens is 2. The van der Waals surface area contributed by atoms with E-state index in [-0.39, 0.29) is 12.0 Å². The lowest BCUT2D eigenvalue weighted by molar-refractivity contribution is 0.0457. The Morgan fingerprint density at radius 2 is 2.22 bits per heavy atom. The van der Waals surface area contributed by atoms with Crippen molar-refractivity contribution < 1.29 is 5.11 Å². The van der Waals surface area contributed by atoms with E-state index >= 15 is 0 Å². The minimum Gasteiger partial charge on any atom is -0.396 e. The number of alkyl halides is 1. The van der Waals surface area contributed by atoms with Gasteiger partial charge in [-0.2, -0.15) is 0 Å². The van der Waals surface area contributed by atoms with Gasteiger partial charge in [0.15, 0.2) is 0 Å². The molecule has 1 aliphatic rings. The minimum absolute atomic E-state index is 0.0166. The predicted octanol–water partition coefficient (Wildman–Crippen LogP) is 0.870. The third kappa shape index (κ3) is 1.50. The molecule has 0 aromatic rings. The van der Waals surface area contributed by atoms with Crippen LogP contribution in [0.4, 0.5) is 0 Å². The lowest BCUT2D eigenvalue weighted by atomic mass is 9.85. The maximum atomic E-state index is 8.84. The third-order valence-corrected chi connectivity index (χ3v) is 2.88. The van der Waals surface area contributed by atoms with Crippen molar-refractivity contribution in [1.82, 2.24) is 3.11 Å². The first-order valence-electron chi connectivity index (χ1n) is 2.80. The Balaban J connectivity index is 2.36. The first kappa shape index (κ1) is 8.04. The second-order valence-electron chi connectivity index (χ2n) is 2.57. The Labute approximate surface area is 73.7 Å². The molecule has 2 nitrogen and oxygen atoms in total. The molecule has 1 aliphatic heterocycles. The number of aliphatic hydroxyl groups is 1. The fraction of sp³-hybridized carbons (Fsp3) is 1.00. The molecule has 0 aliphatic carbocycles. The van der Waals surface area contributed by atoms with Crippen LogP contribution in [0.1, 0.15) is 0 Å². The van der Waals surface area contributed by atoms with Gasteiger partial charge in [-0.3, -0.25) is 0 Å². The summed E-state index contributed by atoms with van der Waals surface area (Å²) in [5.74, 6) is 0.572. The Morgan fingerprint density at radius 1 is 1.67 bits per heavy atom. The van der Waals surface area contributed by atoms with Crippen LogP contribution in [0.3, 0.4) is 0 Å². The molecule has 1 fully saturated rings. The molecule has 0 atom stereocenters. The van der Waals surface area contributed by atoms with Crippen LogP contribution in [0.5, 0.6) is 0 Å². The van der Waals surface area contributed by atoms with Gasteiger partial charge in [-0.15, -0.1) is 11.6 Å². The van der Waals surface area contributed by atoms with E-state index in [4.69, 9.17) is 16.7 Å². The predicted molar refractivity (Wildman–Crippen MR) is 45.8 cm³/mol. The first-order chi connectivity index (χ1) is 4.22. The molecule has 0 bridgehead atoms. The summed E-state index contributed by atoms with van der Waals surface area (Å²) in [6, 6.07) is 0. The molecular weight excluding hydrogens is 252 g/mol. The average Bonchev–Trinajstić information content (AvgIpc) is 1.81. The summed E-state index contributed by atoms with van der Waals surface area (Å²) in [5, 5.41) is 8.84. The van der Waals surface area contributed by atoms with Crippen molar-refractivity contribution in [2.24, 2.45) is 5.41 Å². The summed E-state index contributed by atoms with van der Waals surface area (Å²) in [5.41, 5.74) is 0.0166. The molecule has 0 aromatic heterocycles. The van der Waals surface area contributed by atoms with Crippen molar-refractivity contribution in [3.05, 3.63) is 0 Å². The molecule has 0 radical (unpaired) electrons. The molecule has 1 rings (SSSR count). The van der Waals surface area contributed by atoms with Crippen molar-refractivity contribution in [3.8, 4) is 0 Å². The smallest absolute Gasteiger partial charge is 0.0524 e. The Kier molecular flexibility index (Phi) is 2.59. The SMILES string of the molecule is OCC1(CCl)CN(I)C1. The van der Waals surface area contributed by atoms with Gasteiger partial charge in [0.1, 0.15) is 0 Å². The van der Waals surface area contributed by atoms with E-state index in [2.05, 4.69) is 26.0 Å². The van der Waals surface area contributed by atoms with Gasteiger partial charge in [0.05, 0.1) is 6.61 Å². The van der Waals surface area contributed by atoms with E-state index < -0.39 is 0 Å². The maximum Gasteiger partial charge on any atom is 0.0524 e. The zero-order chi connectivity index (χ0) is 6.91. The van der Waals surface area contributed by atoms with Crippen LogP contribution in [-0.4, -0.2) is 33.8 Å². The summed E-state index contributed by atoms with van der Waals surface area (Å²) in [6.45, 7) is 2.07. The molecule has 0 unspecified atom stereocenters. The van der Waals surface area contributed by atoms with Crippen LogP contribution in [-0.2, 0) is 0 Å². The summed E-state index contributed by atoms with van der Waals surface area (Å²) < 4.78 is 2.12. The maximum absolute atomic E-state index is 8.84. The second kappa shape index (κ2) is 2.90. The summed E-state index contributed by atoms with van der Waals surface area (Å²) in [4.78, 5) is 0. The van der Waals surface area contributed by atoms with E-state index in [1.54, 1.807) is 0 Å². The van der Waals surface area contributed by atoms with E-state index in [1.165, 1.54) is 0 Å². The Hall–Kier alpha value is 0.940. The van der Waals surface area contributed by atoms with Crippen LogP contribution in [0.2, 0.25) is 0 Å². The summed E-state index contributed by atoms with van der Waals surface area (Å²) in [6.07, 6.45) is 0. The van der Waals surface area contributed by atoms with Crippen molar-refractivity contribution >= 4 is 34.5 Å². The number of hydrogen-bond donors (Lipinski definition) is 1. The fourth-order valence-electron chi connectivity index (χ4n) is 0.908. The van der Waals surface area contributed by atoms with Gasteiger partial charge in [-0.25, -0.2) is 3.11 Å². The molecule has 1 heterocycles. The second-order valence-corrected chi connectivity index (χ2v) is 4.20.